The summed E-state index contributed by atoms with van der Waals surface area (Å²) < 4.78 is 0. The van der Waals surface area contributed by atoms with Gasteiger partial charge in [0.15, 0.2) is 0 Å². The third-order valence-electron chi connectivity index (χ3n) is 3.33. The smallest absolute Gasteiger partial charge is 0.231 e. The zero-order chi connectivity index (χ0) is 13.3. The minimum Gasteiger partial charge on any atom is -0.325 e. The van der Waals surface area contributed by atoms with Gasteiger partial charge in [-0.05, 0) is 46.8 Å². The first-order valence-electron chi connectivity index (χ1n) is 5.67. The third-order valence-corrected chi connectivity index (χ3v) is 3.33. The minimum atomic E-state index is -0.649. The quantitative estimate of drug-likeness (QED) is 0.843. The molecule has 0 atom stereocenters. The van der Waals surface area contributed by atoms with Crippen molar-refractivity contribution in [2.75, 3.05) is 5.32 Å². The normalized spacial score (nSPS) is 12.4. The van der Waals surface area contributed by atoms with E-state index in [1.165, 1.54) is 0 Å². The number of anilines is 1. The number of aromatic nitrogens is 1. The van der Waals surface area contributed by atoms with E-state index in [2.05, 4.69) is 10.3 Å². The van der Waals surface area contributed by atoms with Crippen LogP contribution in [0, 0.1) is 12.3 Å². The van der Waals surface area contributed by atoms with Gasteiger partial charge in [-0.25, -0.2) is 0 Å². The number of amides is 1. The molecule has 94 valence electrons. The molecule has 1 heterocycles. The van der Waals surface area contributed by atoms with E-state index in [0.717, 1.165) is 11.4 Å². The molecule has 0 radical (unpaired) electrons. The first-order chi connectivity index (χ1) is 7.64. The monoisotopic (exact) mass is 235 g/mol. The van der Waals surface area contributed by atoms with Crippen molar-refractivity contribution < 1.29 is 4.79 Å². The van der Waals surface area contributed by atoms with Crippen LogP contribution in [0.5, 0.6) is 0 Å². The summed E-state index contributed by atoms with van der Waals surface area (Å²) in [5, 5.41) is 2.87. The van der Waals surface area contributed by atoms with E-state index in [4.69, 9.17) is 5.73 Å². The molecule has 0 aliphatic carbocycles. The molecule has 1 aromatic rings. The molecule has 0 bridgehead atoms. The van der Waals surface area contributed by atoms with Crippen molar-refractivity contribution in [1.29, 1.82) is 0 Å². The molecule has 0 unspecified atom stereocenters. The molecule has 0 aromatic carbocycles. The van der Waals surface area contributed by atoms with Crippen LogP contribution in [0.3, 0.4) is 0 Å². The molecule has 3 N–H and O–H groups in total. The summed E-state index contributed by atoms with van der Waals surface area (Å²) in [6.07, 6.45) is 1.67. The van der Waals surface area contributed by atoms with E-state index in [9.17, 15) is 4.79 Å². The average molecular weight is 235 g/mol. The number of nitrogens with one attached hydrogen (secondary N) is 1. The number of rotatable bonds is 3. The van der Waals surface area contributed by atoms with E-state index < -0.39 is 11.0 Å². The van der Waals surface area contributed by atoms with Gasteiger partial charge in [-0.2, -0.15) is 0 Å². The van der Waals surface area contributed by atoms with E-state index in [-0.39, 0.29) is 5.91 Å². The Morgan fingerprint density at radius 1 is 1.35 bits per heavy atom. The molecule has 1 amide bonds. The summed E-state index contributed by atoms with van der Waals surface area (Å²) in [4.78, 5) is 16.3. The number of carbonyl (C=O) groups excluding carboxylic acids is 1. The number of pyridine rings is 1. The zero-order valence-corrected chi connectivity index (χ0v) is 11.2. The summed E-state index contributed by atoms with van der Waals surface area (Å²) in [7, 11) is 0. The Bertz CT molecular complexity index is 419. The lowest BCUT2D eigenvalue weighted by atomic mass is 9.74. The van der Waals surface area contributed by atoms with Gasteiger partial charge < -0.3 is 11.1 Å². The fourth-order valence-electron chi connectivity index (χ4n) is 1.20. The Labute approximate surface area is 103 Å². The topological polar surface area (TPSA) is 68.0 Å². The van der Waals surface area contributed by atoms with Crippen LogP contribution in [0.25, 0.3) is 0 Å². The lowest BCUT2D eigenvalue weighted by Crippen LogP contribution is -2.53. The molecular formula is C13H21N3O. The lowest BCUT2D eigenvalue weighted by molar-refractivity contribution is -0.126. The van der Waals surface area contributed by atoms with Gasteiger partial charge in [0, 0.05) is 23.1 Å². The number of nitrogens with zero attached hydrogens (tertiary/aromatic N) is 1. The first kappa shape index (κ1) is 13.6. The van der Waals surface area contributed by atoms with Gasteiger partial charge in [0.05, 0.1) is 5.41 Å². The predicted molar refractivity (Wildman–Crippen MR) is 69.7 cm³/mol. The second-order valence-corrected chi connectivity index (χ2v) is 5.49. The molecule has 4 heteroatoms. The fraction of sp³-hybridized carbons (Fsp3) is 0.538. The van der Waals surface area contributed by atoms with Crippen molar-refractivity contribution in [2.45, 2.75) is 40.2 Å². The molecule has 1 aromatic heterocycles. The summed E-state index contributed by atoms with van der Waals surface area (Å²) in [6.45, 7) is 9.27. The summed E-state index contributed by atoms with van der Waals surface area (Å²) >= 11 is 0. The van der Waals surface area contributed by atoms with Crippen LogP contribution < -0.4 is 11.1 Å². The van der Waals surface area contributed by atoms with Gasteiger partial charge in [0.1, 0.15) is 0 Å². The molecule has 1 rings (SSSR count). The van der Waals surface area contributed by atoms with Crippen LogP contribution in [0.1, 0.15) is 33.4 Å². The van der Waals surface area contributed by atoms with Crippen LogP contribution in [0.15, 0.2) is 18.3 Å². The fourth-order valence-corrected chi connectivity index (χ4v) is 1.20. The first-order valence-corrected chi connectivity index (χ1v) is 5.67. The second kappa shape index (κ2) is 4.45. The van der Waals surface area contributed by atoms with E-state index in [1.54, 1.807) is 12.3 Å². The van der Waals surface area contributed by atoms with Crippen LogP contribution in [-0.2, 0) is 4.79 Å². The maximum absolute atomic E-state index is 12.2. The largest absolute Gasteiger partial charge is 0.325 e. The van der Waals surface area contributed by atoms with Crippen molar-refractivity contribution in [3.05, 3.63) is 24.0 Å². The zero-order valence-electron chi connectivity index (χ0n) is 11.2. The van der Waals surface area contributed by atoms with Gasteiger partial charge in [-0.15, -0.1) is 0 Å². The summed E-state index contributed by atoms with van der Waals surface area (Å²) in [5.74, 6) is -0.0874. The maximum Gasteiger partial charge on any atom is 0.231 e. The summed E-state index contributed by atoms with van der Waals surface area (Å²) in [6, 6.07) is 3.60. The maximum atomic E-state index is 12.2. The Morgan fingerprint density at radius 3 is 2.41 bits per heavy atom. The molecule has 0 saturated carbocycles. The van der Waals surface area contributed by atoms with Crippen molar-refractivity contribution >= 4 is 11.6 Å². The lowest BCUT2D eigenvalue weighted by Gasteiger charge is -2.36. The van der Waals surface area contributed by atoms with Gasteiger partial charge in [0.2, 0.25) is 5.91 Å². The highest BCUT2D eigenvalue weighted by Crippen LogP contribution is 2.29. The van der Waals surface area contributed by atoms with Crippen molar-refractivity contribution in [3.8, 4) is 0 Å². The summed E-state index contributed by atoms with van der Waals surface area (Å²) in [5.41, 5.74) is 6.41. The van der Waals surface area contributed by atoms with E-state index >= 15 is 0 Å². The Kier molecular flexibility index (Phi) is 3.57. The molecule has 0 aliphatic rings. The number of carbonyl (C=O) groups is 1. The van der Waals surface area contributed by atoms with E-state index in [0.29, 0.717) is 0 Å². The van der Waals surface area contributed by atoms with Gasteiger partial charge >= 0.3 is 0 Å². The minimum absolute atomic E-state index is 0.0874. The van der Waals surface area contributed by atoms with Crippen LogP contribution >= 0.6 is 0 Å². The highest BCUT2D eigenvalue weighted by Gasteiger charge is 2.40. The Hall–Kier alpha value is -1.42. The van der Waals surface area contributed by atoms with Crippen molar-refractivity contribution in [1.82, 2.24) is 4.98 Å². The second-order valence-electron chi connectivity index (χ2n) is 5.49. The number of aryl methyl sites for hydroxylation is 1. The Morgan fingerprint density at radius 2 is 1.94 bits per heavy atom. The number of nitrogens with two attached hydrogens (primary N) is 1. The van der Waals surface area contributed by atoms with Gasteiger partial charge in [-0.1, -0.05) is 0 Å². The number of hydrogen-bond donors (Lipinski definition) is 2. The van der Waals surface area contributed by atoms with Gasteiger partial charge in [0.25, 0.3) is 0 Å². The van der Waals surface area contributed by atoms with E-state index in [1.807, 2.05) is 40.7 Å². The average Bonchev–Trinajstić information content (AvgIpc) is 2.15. The molecule has 17 heavy (non-hydrogen) atoms. The predicted octanol–water partition coefficient (Wildman–Crippen LogP) is 2.09. The molecule has 0 aliphatic heterocycles. The molecule has 0 spiro atoms. The SMILES string of the molecule is Cc1cc(NC(=O)C(C)(C)C(C)(C)N)ccn1. The third kappa shape index (κ3) is 3.03. The van der Waals surface area contributed by atoms with Crippen molar-refractivity contribution in [3.63, 3.8) is 0 Å². The van der Waals surface area contributed by atoms with Gasteiger partial charge in [-0.3, -0.25) is 9.78 Å². The molecular weight excluding hydrogens is 214 g/mol. The molecule has 4 nitrogen and oxygen atoms in total. The molecule has 0 fully saturated rings. The van der Waals surface area contributed by atoms with Crippen LogP contribution in [-0.4, -0.2) is 16.4 Å². The highest BCUT2D eigenvalue weighted by molar-refractivity contribution is 5.95. The molecule has 0 saturated heterocycles. The standard InChI is InChI=1S/C13H21N3O/c1-9-8-10(6-7-15-9)16-11(17)12(2,3)13(4,5)14/h6-8H,14H2,1-5H3,(H,15,16,17). The Balaban J connectivity index is 2.87. The number of hydrogen-bond acceptors (Lipinski definition) is 3. The van der Waals surface area contributed by atoms with Crippen LogP contribution in [0.4, 0.5) is 5.69 Å². The van der Waals surface area contributed by atoms with Crippen LogP contribution in [0.2, 0.25) is 0 Å². The van der Waals surface area contributed by atoms with Crippen molar-refractivity contribution in [2.24, 2.45) is 11.1 Å². The highest BCUT2D eigenvalue weighted by atomic mass is 16.2.